The number of carbonyl (C=O) groups is 1. The Morgan fingerprint density at radius 2 is 2.14 bits per heavy atom. The van der Waals surface area contributed by atoms with Gasteiger partial charge in [0.2, 0.25) is 0 Å². The maximum Gasteiger partial charge on any atom is 0.340 e. The van der Waals surface area contributed by atoms with Crippen molar-refractivity contribution < 1.29 is 13.9 Å². The van der Waals surface area contributed by atoms with Gasteiger partial charge in [-0.1, -0.05) is 17.7 Å². The lowest BCUT2D eigenvalue weighted by Gasteiger charge is -2.12. The van der Waals surface area contributed by atoms with E-state index >= 15 is 0 Å². The Bertz CT molecular complexity index is 677. The second-order valence-corrected chi connectivity index (χ2v) is 4.71. The Morgan fingerprint density at radius 1 is 1.38 bits per heavy atom. The highest BCUT2D eigenvalue weighted by molar-refractivity contribution is 6.30. The molecular weight excluding hydrogens is 295 g/mol. The molecule has 0 heterocycles. The van der Waals surface area contributed by atoms with Crippen molar-refractivity contribution in [3.8, 4) is 0 Å². The van der Waals surface area contributed by atoms with Gasteiger partial charge in [-0.25, -0.2) is 9.18 Å². The number of esters is 1. The van der Waals surface area contributed by atoms with E-state index in [1.807, 2.05) is 0 Å². The molecule has 0 bridgehead atoms. The first-order chi connectivity index (χ1) is 10.0. The minimum atomic E-state index is -0.593. The number of carbonyl (C=O) groups excluding carboxylic acids is 1. The molecule has 0 saturated carbocycles. The first-order valence-electron chi connectivity index (χ1n) is 6.30. The highest BCUT2D eigenvalue weighted by Gasteiger charge is 2.15. The minimum Gasteiger partial charge on any atom is -0.462 e. The van der Waals surface area contributed by atoms with Crippen LogP contribution in [0.15, 0.2) is 36.4 Å². The first kappa shape index (κ1) is 15.1. The number of nitrogen functional groups attached to an aromatic ring is 1. The molecule has 0 aliphatic rings. The number of hydrogen-bond acceptors (Lipinski definition) is 4. The van der Waals surface area contributed by atoms with Gasteiger partial charge < -0.3 is 15.8 Å². The highest BCUT2D eigenvalue weighted by Crippen LogP contribution is 2.27. The highest BCUT2D eigenvalue weighted by atomic mass is 35.5. The molecule has 0 radical (unpaired) electrons. The summed E-state index contributed by atoms with van der Waals surface area (Å²) in [6.45, 7) is 1.90. The Balaban J connectivity index is 2.35. The van der Waals surface area contributed by atoms with E-state index in [0.29, 0.717) is 10.7 Å². The molecule has 0 aliphatic carbocycles. The molecule has 4 nitrogen and oxygen atoms in total. The van der Waals surface area contributed by atoms with E-state index in [1.165, 1.54) is 6.07 Å². The summed E-state index contributed by atoms with van der Waals surface area (Å²) in [5, 5.41) is 3.37. The largest absolute Gasteiger partial charge is 0.462 e. The molecule has 3 N–H and O–H groups in total. The smallest absolute Gasteiger partial charge is 0.340 e. The van der Waals surface area contributed by atoms with Crippen molar-refractivity contribution in [2.75, 3.05) is 17.7 Å². The zero-order valence-corrected chi connectivity index (χ0v) is 12.1. The predicted molar refractivity (Wildman–Crippen MR) is 81.5 cm³/mol. The van der Waals surface area contributed by atoms with Gasteiger partial charge in [-0.3, -0.25) is 0 Å². The molecule has 2 rings (SSSR count). The number of anilines is 3. The molecule has 0 fully saturated rings. The van der Waals surface area contributed by atoms with Crippen LogP contribution in [0, 0.1) is 5.82 Å². The van der Waals surface area contributed by atoms with Crippen LogP contribution in [0.2, 0.25) is 5.02 Å². The van der Waals surface area contributed by atoms with E-state index in [0.717, 1.165) is 6.07 Å². The van der Waals surface area contributed by atoms with Gasteiger partial charge in [0.15, 0.2) is 0 Å². The average Bonchev–Trinajstić information content (AvgIpc) is 2.42. The number of nitrogens with one attached hydrogen (secondary N) is 1. The predicted octanol–water partition coefficient (Wildman–Crippen LogP) is 3.98. The molecule has 0 unspecified atom stereocenters. The van der Waals surface area contributed by atoms with Crippen molar-refractivity contribution in [3.05, 3.63) is 52.8 Å². The van der Waals surface area contributed by atoms with Crippen LogP contribution in [-0.4, -0.2) is 12.6 Å². The third-order valence-corrected chi connectivity index (χ3v) is 2.97. The van der Waals surface area contributed by atoms with E-state index in [9.17, 15) is 9.18 Å². The SMILES string of the molecule is CCOC(=O)c1cc(Nc2cccc(Cl)c2)c(F)cc1N. The lowest BCUT2D eigenvalue weighted by molar-refractivity contribution is 0.0527. The zero-order valence-electron chi connectivity index (χ0n) is 11.3. The molecule has 0 amide bonds. The summed E-state index contributed by atoms with van der Waals surface area (Å²) < 4.78 is 18.8. The second kappa shape index (κ2) is 6.45. The number of benzene rings is 2. The Labute approximate surface area is 126 Å². The summed E-state index contributed by atoms with van der Waals surface area (Å²) in [5.74, 6) is -1.16. The fraction of sp³-hybridized carbons (Fsp3) is 0.133. The number of nitrogens with two attached hydrogens (primary N) is 1. The van der Waals surface area contributed by atoms with Crippen molar-refractivity contribution in [2.45, 2.75) is 6.92 Å². The van der Waals surface area contributed by atoms with Crippen LogP contribution in [0.5, 0.6) is 0 Å². The van der Waals surface area contributed by atoms with E-state index in [-0.39, 0.29) is 23.5 Å². The summed E-state index contributed by atoms with van der Waals surface area (Å²) in [6.07, 6.45) is 0. The fourth-order valence-corrected chi connectivity index (χ4v) is 1.98. The Kier molecular flexibility index (Phi) is 4.65. The van der Waals surface area contributed by atoms with Gasteiger partial charge in [0, 0.05) is 16.4 Å². The van der Waals surface area contributed by atoms with Crippen molar-refractivity contribution in [2.24, 2.45) is 0 Å². The lowest BCUT2D eigenvalue weighted by atomic mass is 10.1. The Hall–Kier alpha value is -2.27. The second-order valence-electron chi connectivity index (χ2n) is 4.28. The summed E-state index contributed by atoms with van der Waals surface area (Å²) in [7, 11) is 0. The maximum atomic E-state index is 13.9. The molecule has 21 heavy (non-hydrogen) atoms. The third kappa shape index (κ3) is 3.64. The molecule has 2 aromatic rings. The first-order valence-corrected chi connectivity index (χ1v) is 6.67. The summed E-state index contributed by atoms with van der Waals surface area (Å²) >= 11 is 5.87. The normalized spacial score (nSPS) is 10.2. The van der Waals surface area contributed by atoms with Gasteiger partial charge in [0.1, 0.15) is 5.82 Å². The number of hydrogen-bond donors (Lipinski definition) is 2. The maximum absolute atomic E-state index is 13.9. The van der Waals surface area contributed by atoms with Crippen molar-refractivity contribution in [3.63, 3.8) is 0 Å². The van der Waals surface area contributed by atoms with Gasteiger partial charge in [0.25, 0.3) is 0 Å². The van der Waals surface area contributed by atoms with Crippen LogP contribution in [-0.2, 0) is 4.74 Å². The average molecular weight is 309 g/mol. The third-order valence-electron chi connectivity index (χ3n) is 2.74. The van der Waals surface area contributed by atoms with Crippen LogP contribution in [0.1, 0.15) is 17.3 Å². The topological polar surface area (TPSA) is 64.3 Å². The van der Waals surface area contributed by atoms with Gasteiger partial charge in [0.05, 0.1) is 17.9 Å². The van der Waals surface area contributed by atoms with Gasteiger partial charge in [-0.2, -0.15) is 0 Å². The molecule has 2 aromatic carbocycles. The molecule has 0 saturated heterocycles. The van der Waals surface area contributed by atoms with Gasteiger partial charge in [-0.05, 0) is 37.3 Å². The lowest BCUT2D eigenvalue weighted by Crippen LogP contribution is -2.09. The monoisotopic (exact) mass is 308 g/mol. The molecule has 6 heteroatoms. The van der Waals surface area contributed by atoms with E-state index in [2.05, 4.69) is 5.32 Å². The van der Waals surface area contributed by atoms with Crippen molar-refractivity contribution >= 4 is 34.6 Å². The van der Waals surface area contributed by atoms with Crippen molar-refractivity contribution in [1.29, 1.82) is 0 Å². The molecule has 0 aromatic heterocycles. The van der Waals surface area contributed by atoms with Crippen molar-refractivity contribution in [1.82, 2.24) is 0 Å². The van der Waals surface area contributed by atoms with Crippen LogP contribution in [0.4, 0.5) is 21.5 Å². The molecule has 0 spiro atoms. The number of ether oxygens (including phenoxy) is 1. The zero-order chi connectivity index (χ0) is 15.4. The Morgan fingerprint density at radius 3 is 2.81 bits per heavy atom. The molecule has 0 atom stereocenters. The summed E-state index contributed by atoms with van der Waals surface area (Å²) in [6, 6.07) is 9.21. The van der Waals surface area contributed by atoms with Crippen LogP contribution in [0.3, 0.4) is 0 Å². The van der Waals surface area contributed by atoms with Crippen LogP contribution in [0.25, 0.3) is 0 Å². The summed E-state index contributed by atoms with van der Waals surface area (Å²) in [5.41, 5.74) is 6.51. The quantitative estimate of drug-likeness (QED) is 0.662. The number of rotatable bonds is 4. The fourth-order valence-electron chi connectivity index (χ4n) is 1.79. The molecular formula is C15H14ClFN2O2. The van der Waals surface area contributed by atoms with Gasteiger partial charge >= 0.3 is 5.97 Å². The van der Waals surface area contributed by atoms with Crippen LogP contribution >= 0.6 is 11.6 Å². The summed E-state index contributed by atoms with van der Waals surface area (Å²) in [4.78, 5) is 11.8. The van der Waals surface area contributed by atoms with Gasteiger partial charge in [-0.15, -0.1) is 0 Å². The van der Waals surface area contributed by atoms with E-state index in [4.69, 9.17) is 22.1 Å². The minimum absolute atomic E-state index is 0.0302. The van der Waals surface area contributed by atoms with E-state index in [1.54, 1.807) is 31.2 Å². The van der Waals surface area contributed by atoms with E-state index < -0.39 is 11.8 Å². The standard InChI is InChI=1S/C15H14ClFN2O2/c1-2-21-15(20)11-7-14(12(17)8-13(11)18)19-10-5-3-4-9(16)6-10/h3-8,19H,2,18H2,1H3. The van der Waals surface area contributed by atoms with Crippen LogP contribution < -0.4 is 11.1 Å². The number of halogens is 2. The molecule has 0 aliphatic heterocycles. The molecule has 110 valence electrons.